The Morgan fingerprint density at radius 2 is 1.84 bits per heavy atom. The van der Waals surface area contributed by atoms with Crippen LogP contribution in [0.25, 0.3) is 21.9 Å². The Kier molecular flexibility index (Phi) is 5.43. The van der Waals surface area contributed by atoms with Crippen LogP contribution in [-0.2, 0) is 17.9 Å². The Labute approximate surface area is 213 Å². The molecular weight excluding hydrogens is 468 g/mol. The third-order valence-corrected chi connectivity index (χ3v) is 6.96. The van der Waals surface area contributed by atoms with Crippen LogP contribution in [0, 0.1) is 27.7 Å². The van der Waals surface area contributed by atoms with Crippen molar-refractivity contribution in [1.29, 1.82) is 0 Å². The first-order chi connectivity index (χ1) is 17.8. The van der Waals surface area contributed by atoms with Crippen molar-refractivity contribution in [3.05, 3.63) is 81.0 Å². The largest absolute Gasteiger partial charge is 0.337 e. The molecular formula is C28H28N6O3. The van der Waals surface area contributed by atoms with Crippen LogP contribution >= 0.6 is 0 Å². The number of aromatic nitrogens is 5. The molecule has 1 N–H and O–H groups in total. The summed E-state index contributed by atoms with van der Waals surface area (Å²) in [6.07, 6.45) is 3.64. The van der Waals surface area contributed by atoms with Crippen molar-refractivity contribution >= 4 is 33.5 Å². The van der Waals surface area contributed by atoms with Gasteiger partial charge in [0, 0.05) is 17.0 Å². The van der Waals surface area contributed by atoms with Crippen LogP contribution in [0.15, 0.2) is 46.0 Å². The lowest BCUT2D eigenvalue weighted by Crippen LogP contribution is -2.26. The van der Waals surface area contributed by atoms with E-state index in [1.807, 2.05) is 58.0 Å². The molecule has 0 atom stereocenters. The monoisotopic (exact) mass is 496 g/mol. The molecule has 1 amide bonds. The maximum atomic E-state index is 13.7. The fourth-order valence-electron chi connectivity index (χ4n) is 5.08. The molecule has 2 aromatic carbocycles. The summed E-state index contributed by atoms with van der Waals surface area (Å²) >= 11 is 0. The number of carbonyl (C=O) groups excluding carboxylic acids is 1. The lowest BCUT2D eigenvalue weighted by molar-refractivity contribution is -0.116. The van der Waals surface area contributed by atoms with E-state index in [-0.39, 0.29) is 24.6 Å². The van der Waals surface area contributed by atoms with Crippen LogP contribution in [0.3, 0.4) is 0 Å². The number of amides is 1. The van der Waals surface area contributed by atoms with Gasteiger partial charge >= 0.3 is 0 Å². The van der Waals surface area contributed by atoms with Crippen molar-refractivity contribution in [3.63, 3.8) is 0 Å². The van der Waals surface area contributed by atoms with E-state index in [2.05, 4.69) is 20.4 Å². The highest BCUT2D eigenvalue weighted by atomic mass is 16.5. The van der Waals surface area contributed by atoms with Gasteiger partial charge in [-0.2, -0.15) is 4.98 Å². The van der Waals surface area contributed by atoms with Gasteiger partial charge in [0.25, 0.3) is 5.56 Å². The summed E-state index contributed by atoms with van der Waals surface area (Å²) < 4.78 is 8.60. The van der Waals surface area contributed by atoms with Crippen LogP contribution < -0.4 is 10.9 Å². The van der Waals surface area contributed by atoms with Gasteiger partial charge < -0.3 is 14.4 Å². The predicted octanol–water partition coefficient (Wildman–Crippen LogP) is 4.53. The van der Waals surface area contributed by atoms with Crippen molar-refractivity contribution < 1.29 is 9.32 Å². The minimum absolute atomic E-state index is 0.0247. The molecule has 1 aliphatic rings. The maximum Gasteiger partial charge on any atom is 0.278 e. The number of hydrogen-bond donors (Lipinski definition) is 1. The zero-order valence-corrected chi connectivity index (χ0v) is 21.3. The first-order valence-electron chi connectivity index (χ1n) is 12.5. The standard InChI is InChI=1S/C28H28N6O3/c1-15-5-8-21-20(11-15)25-26(34(21)12-22(35)30-24-17(3)9-16(2)10-18(24)4)28(36)33(14-29-25)13-23-31-27(32-37-23)19-6-7-19/h5,8-11,14,19H,6-7,12-13H2,1-4H3,(H,30,35). The van der Waals surface area contributed by atoms with Gasteiger partial charge in [-0.3, -0.25) is 14.2 Å². The second kappa shape index (κ2) is 8.69. The topological polar surface area (TPSA) is 108 Å². The number of fused-ring (bicyclic) bond motifs is 3. The van der Waals surface area contributed by atoms with E-state index in [0.717, 1.165) is 51.7 Å². The molecule has 5 aromatic rings. The fourth-order valence-corrected chi connectivity index (χ4v) is 5.08. The number of benzene rings is 2. The average molecular weight is 497 g/mol. The van der Waals surface area contributed by atoms with E-state index >= 15 is 0 Å². The third-order valence-electron chi connectivity index (χ3n) is 6.96. The molecule has 3 heterocycles. The Morgan fingerprint density at radius 1 is 1.08 bits per heavy atom. The third kappa shape index (κ3) is 4.20. The summed E-state index contributed by atoms with van der Waals surface area (Å²) in [5, 5.41) is 7.94. The highest BCUT2D eigenvalue weighted by molar-refractivity contribution is 6.07. The number of rotatable bonds is 6. The van der Waals surface area contributed by atoms with Crippen LogP contribution in [0.4, 0.5) is 5.69 Å². The number of anilines is 1. The van der Waals surface area contributed by atoms with Gasteiger partial charge in [0.15, 0.2) is 5.82 Å². The minimum Gasteiger partial charge on any atom is -0.337 e. The number of aryl methyl sites for hydroxylation is 4. The molecule has 1 saturated carbocycles. The number of hydrogen-bond acceptors (Lipinski definition) is 6. The van der Waals surface area contributed by atoms with Crippen LogP contribution in [0.5, 0.6) is 0 Å². The quantitative estimate of drug-likeness (QED) is 0.370. The van der Waals surface area contributed by atoms with Crippen LogP contribution in [-0.4, -0.2) is 30.2 Å². The van der Waals surface area contributed by atoms with Gasteiger partial charge in [-0.1, -0.05) is 34.5 Å². The second-order valence-electron chi connectivity index (χ2n) is 10.1. The zero-order valence-electron chi connectivity index (χ0n) is 21.3. The Morgan fingerprint density at radius 3 is 2.57 bits per heavy atom. The van der Waals surface area contributed by atoms with Crippen LogP contribution in [0.1, 0.15) is 52.7 Å². The van der Waals surface area contributed by atoms with E-state index in [1.165, 1.54) is 10.9 Å². The van der Waals surface area contributed by atoms with E-state index in [1.54, 1.807) is 4.57 Å². The van der Waals surface area contributed by atoms with Gasteiger partial charge in [0.1, 0.15) is 24.1 Å². The van der Waals surface area contributed by atoms with Crippen molar-refractivity contribution in [3.8, 4) is 0 Å². The Bertz CT molecular complexity index is 1730. The molecule has 188 valence electrons. The molecule has 0 unspecified atom stereocenters. The normalized spacial score (nSPS) is 13.5. The molecule has 6 rings (SSSR count). The fraction of sp³-hybridized carbons (Fsp3) is 0.321. The van der Waals surface area contributed by atoms with E-state index in [0.29, 0.717) is 28.7 Å². The van der Waals surface area contributed by atoms with Gasteiger partial charge in [-0.15, -0.1) is 0 Å². The highest BCUT2D eigenvalue weighted by Gasteiger charge is 2.29. The first kappa shape index (κ1) is 23.1. The smallest absolute Gasteiger partial charge is 0.278 e. The number of nitrogens with one attached hydrogen (secondary N) is 1. The Balaban J connectivity index is 1.41. The summed E-state index contributed by atoms with van der Waals surface area (Å²) in [6.45, 7) is 8.08. The minimum atomic E-state index is -0.263. The molecule has 0 spiro atoms. The zero-order chi connectivity index (χ0) is 25.8. The Hall–Kier alpha value is -4.27. The molecule has 3 aromatic heterocycles. The van der Waals surface area contributed by atoms with E-state index < -0.39 is 0 Å². The summed E-state index contributed by atoms with van der Waals surface area (Å²) in [5.74, 6) is 1.21. The summed E-state index contributed by atoms with van der Waals surface area (Å²) in [5.41, 5.74) is 6.44. The van der Waals surface area contributed by atoms with Gasteiger partial charge in [-0.05, 0) is 63.8 Å². The lowest BCUT2D eigenvalue weighted by Gasteiger charge is -2.14. The SMILES string of the molecule is Cc1cc(C)c(NC(=O)Cn2c3ccc(C)cc3c3ncn(Cc4nc(C5CC5)no4)c(=O)c32)c(C)c1. The molecule has 37 heavy (non-hydrogen) atoms. The molecule has 0 aliphatic heterocycles. The van der Waals surface area contributed by atoms with Gasteiger partial charge in [0.05, 0.1) is 11.8 Å². The molecule has 9 heteroatoms. The maximum absolute atomic E-state index is 13.7. The summed E-state index contributed by atoms with van der Waals surface area (Å²) in [7, 11) is 0. The second-order valence-corrected chi connectivity index (χ2v) is 10.1. The van der Waals surface area contributed by atoms with E-state index in [4.69, 9.17) is 4.52 Å². The molecule has 1 aliphatic carbocycles. The molecule has 1 fully saturated rings. The van der Waals surface area contributed by atoms with Crippen molar-refractivity contribution in [1.82, 2.24) is 24.3 Å². The number of carbonyl (C=O) groups is 1. The van der Waals surface area contributed by atoms with Crippen molar-refractivity contribution in [2.24, 2.45) is 0 Å². The predicted molar refractivity (Wildman–Crippen MR) is 141 cm³/mol. The van der Waals surface area contributed by atoms with Gasteiger partial charge in [-0.25, -0.2) is 4.98 Å². The summed E-state index contributed by atoms with van der Waals surface area (Å²) in [6, 6.07) is 9.99. The number of nitrogens with zero attached hydrogens (tertiary/aromatic N) is 5. The van der Waals surface area contributed by atoms with Gasteiger partial charge in [0.2, 0.25) is 11.8 Å². The van der Waals surface area contributed by atoms with E-state index in [9.17, 15) is 9.59 Å². The van der Waals surface area contributed by atoms with Crippen LogP contribution in [0.2, 0.25) is 0 Å². The molecule has 9 nitrogen and oxygen atoms in total. The van der Waals surface area contributed by atoms with Crippen molar-refractivity contribution in [2.75, 3.05) is 5.32 Å². The summed E-state index contributed by atoms with van der Waals surface area (Å²) in [4.78, 5) is 36.1. The van der Waals surface area contributed by atoms with Crippen molar-refractivity contribution in [2.45, 2.75) is 59.5 Å². The molecule has 0 radical (unpaired) electrons. The first-order valence-corrected chi connectivity index (χ1v) is 12.5. The highest BCUT2D eigenvalue weighted by Crippen LogP contribution is 2.38. The molecule has 0 bridgehead atoms. The average Bonchev–Trinajstić information content (AvgIpc) is 3.52. The molecule has 0 saturated heterocycles. The lowest BCUT2D eigenvalue weighted by atomic mass is 10.1.